The molecule has 2 saturated carbocycles. The van der Waals surface area contributed by atoms with Gasteiger partial charge in [0.25, 0.3) is 5.91 Å². The number of likely N-dealkylation sites (tertiary alicyclic amines) is 1. The van der Waals surface area contributed by atoms with Gasteiger partial charge in [-0.3, -0.25) is 18.6 Å². The predicted molar refractivity (Wildman–Crippen MR) is 183 cm³/mol. The zero-order valence-electron chi connectivity index (χ0n) is 28.8. The van der Waals surface area contributed by atoms with Crippen LogP contribution in [0.15, 0.2) is 48.2 Å². The molecule has 272 valence electrons. The predicted octanol–water partition coefficient (Wildman–Crippen LogP) is 3.84. The minimum Gasteiger partial charge on any atom is -0.497 e. The number of allylic oxidation sites excluding steroid dienone is 1. The maximum absolute atomic E-state index is 14.2. The van der Waals surface area contributed by atoms with Crippen LogP contribution in [0.5, 0.6) is 11.5 Å². The number of alkyl carbamates (subject to hydrolysis) is 1. The lowest BCUT2D eigenvalue weighted by atomic mass is 10.0. The standard InChI is InChI=1S/C35H46N4O10S/c1-5-9-28(32(40)38-50(44,45)49-24-14-15-24)36-33(41)29-19-26(47-30-13-8-10-22-18-25(46-4)16-17-27(22)30)20-39(29)34(42)31(21(2)3)37-35(43)48-23-11-6-7-12-23/h8-10,13,16-18,21,23-24,26,29,31H,5-7,11-12,14-15,19-20H2,1-4H3,(H,36,41)(H,37,43)(H,38,40)/b28-9+. The summed E-state index contributed by atoms with van der Waals surface area (Å²) in [6, 6.07) is 8.92. The molecule has 50 heavy (non-hydrogen) atoms. The fraction of sp³-hybridized carbons (Fsp3) is 0.543. The molecule has 3 N–H and O–H groups in total. The first-order valence-corrected chi connectivity index (χ1v) is 18.6. The maximum atomic E-state index is 14.2. The lowest BCUT2D eigenvalue weighted by molar-refractivity contribution is -0.140. The Labute approximate surface area is 292 Å². The lowest BCUT2D eigenvalue weighted by Crippen LogP contribution is -2.55. The third-order valence-corrected chi connectivity index (χ3v) is 9.85. The molecule has 0 spiro atoms. The van der Waals surface area contributed by atoms with E-state index in [0.717, 1.165) is 36.5 Å². The first-order valence-electron chi connectivity index (χ1n) is 17.1. The van der Waals surface area contributed by atoms with E-state index in [1.807, 2.05) is 35.1 Å². The molecule has 2 aromatic carbocycles. The van der Waals surface area contributed by atoms with Crippen molar-refractivity contribution < 1.29 is 46.0 Å². The highest BCUT2D eigenvalue weighted by Crippen LogP contribution is 2.32. The summed E-state index contributed by atoms with van der Waals surface area (Å²) in [6.45, 7) is 5.26. The Hall–Kier alpha value is -4.37. The monoisotopic (exact) mass is 714 g/mol. The molecular weight excluding hydrogens is 668 g/mol. The van der Waals surface area contributed by atoms with Crippen LogP contribution in [0, 0.1) is 5.92 Å². The molecule has 3 atom stereocenters. The highest BCUT2D eigenvalue weighted by Gasteiger charge is 2.44. The van der Waals surface area contributed by atoms with Crippen molar-refractivity contribution in [3.8, 4) is 11.5 Å². The van der Waals surface area contributed by atoms with Crippen LogP contribution < -0.4 is 24.8 Å². The highest BCUT2D eigenvalue weighted by molar-refractivity contribution is 7.85. The van der Waals surface area contributed by atoms with Crippen LogP contribution in [0.1, 0.15) is 72.1 Å². The van der Waals surface area contributed by atoms with Gasteiger partial charge in [-0.15, -0.1) is 0 Å². The fourth-order valence-electron chi connectivity index (χ4n) is 6.18. The molecule has 4 amide bonds. The molecule has 3 aliphatic rings. The van der Waals surface area contributed by atoms with Crippen LogP contribution >= 0.6 is 0 Å². The van der Waals surface area contributed by atoms with Crippen LogP contribution in [0.4, 0.5) is 4.79 Å². The summed E-state index contributed by atoms with van der Waals surface area (Å²) in [5, 5.41) is 6.92. The number of carbonyl (C=O) groups excluding carboxylic acids is 4. The van der Waals surface area contributed by atoms with Gasteiger partial charge in [0.05, 0.1) is 19.8 Å². The second kappa shape index (κ2) is 16.1. The molecule has 0 radical (unpaired) electrons. The van der Waals surface area contributed by atoms with Gasteiger partial charge in [-0.2, -0.15) is 8.42 Å². The number of methoxy groups -OCH3 is 1. The minimum atomic E-state index is -4.40. The average Bonchev–Trinajstić information content (AvgIpc) is 3.52. The maximum Gasteiger partial charge on any atom is 0.408 e. The van der Waals surface area contributed by atoms with Crippen molar-refractivity contribution in [3.63, 3.8) is 0 Å². The van der Waals surface area contributed by atoms with Gasteiger partial charge in [0.1, 0.15) is 41.5 Å². The second-order valence-electron chi connectivity index (χ2n) is 13.2. The van der Waals surface area contributed by atoms with E-state index in [4.69, 9.17) is 18.4 Å². The van der Waals surface area contributed by atoms with Crippen LogP contribution in [0.25, 0.3) is 10.8 Å². The third kappa shape index (κ3) is 9.44. The Kier molecular flexibility index (Phi) is 11.9. The lowest BCUT2D eigenvalue weighted by Gasteiger charge is -2.30. The van der Waals surface area contributed by atoms with Gasteiger partial charge in [-0.25, -0.2) is 9.52 Å². The van der Waals surface area contributed by atoms with Crippen molar-refractivity contribution in [1.29, 1.82) is 0 Å². The van der Waals surface area contributed by atoms with Crippen molar-refractivity contribution >= 4 is 44.9 Å². The van der Waals surface area contributed by atoms with E-state index in [1.165, 1.54) is 11.0 Å². The molecule has 1 aliphatic heterocycles. The molecule has 3 fully saturated rings. The quantitative estimate of drug-likeness (QED) is 0.244. The van der Waals surface area contributed by atoms with Crippen molar-refractivity contribution in [1.82, 2.24) is 20.3 Å². The average molecular weight is 715 g/mol. The number of benzene rings is 2. The molecule has 2 aromatic rings. The number of hydrogen-bond acceptors (Lipinski definition) is 10. The van der Waals surface area contributed by atoms with Gasteiger partial charge < -0.3 is 29.7 Å². The van der Waals surface area contributed by atoms with E-state index in [1.54, 1.807) is 33.9 Å². The van der Waals surface area contributed by atoms with Gasteiger partial charge in [-0.05, 0) is 80.5 Å². The first kappa shape index (κ1) is 36.9. The molecule has 0 aromatic heterocycles. The molecule has 1 saturated heterocycles. The minimum absolute atomic E-state index is 0.00529. The van der Waals surface area contributed by atoms with E-state index in [-0.39, 0.29) is 30.7 Å². The van der Waals surface area contributed by atoms with Gasteiger partial charge >= 0.3 is 16.4 Å². The smallest absolute Gasteiger partial charge is 0.408 e. The number of carbonyl (C=O) groups is 4. The van der Waals surface area contributed by atoms with Crippen LogP contribution in [0.3, 0.4) is 0 Å². The molecule has 5 rings (SSSR count). The van der Waals surface area contributed by atoms with Crippen molar-refractivity contribution in [3.05, 3.63) is 48.2 Å². The van der Waals surface area contributed by atoms with Gasteiger partial charge in [-0.1, -0.05) is 39.0 Å². The Bertz CT molecular complexity index is 1720. The van der Waals surface area contributed by atoms with Crippen molar-refractivity contribution in [2.45, 2.75) is 103 Å². The summed E-state index contributed by atoms with van der Waals surface area (Å²) in [7, 11) is -2.82. The largest absolute Gasteiger partial charge is 0.497 e. The first-order chi connectivity index (χ1) is 23.9. The summed E-state index contributed by atoms with van der Waals surface area (Å²) < 4.78 is 48.8. The van der Waals surface area contributed by atoms with Crippen LogP contribution in [-0.2, 0) is 33.6 Å². The summed E-state index contributed by atoms with van der Waals surface area (Å²) in [6.07, 6.45) is 4.24. The van der Waals surface area contributed by atoms with Crippen LogP contribution in [-0.4, -0.2) is 81.2 Å². The Balaban J connectivity index is 1.38. The third-order valence-electron chi connectivity index (χ3n) is 8.89. The van der Waals surface area contributed by atoms with Crippen LogP contribution in [0.2, 0.25) is 0 Å². The molecule has 3 unspecified atom stereocenters. The number of nitrogens with one attached hydrogen (secondary N) is 3. The SMILES string of the molecule is CC/C=C(/NC(=O)C1CC(Oc2cccc3cc(OC)ccc23)CN1C(=O)C(NC(=O)OC1CCCC1)C(C)C)C(=O)NS(=O)(=O)OC1CC1. The fourth-order valence-corrected chi connectivity index (χ4v) is 7.12. The van der Waals surface area contributed by atoms with E-state index >= 15 is 0 Å². The Morgan fingerprint density at radius 2 is 1.74 bits per heavy atom. The van der Waals surface area contributed by atoms with E-state index in [2.05, 4.69) is 10.6 Å². The number of ether oxygens (including phenoxy) is 3. The van der Waals surface area contributed by atoms with Gasteiger partial charge in [0, 0.05) is 11.8 Å². The second-order valence-corrected chi connectivity index (χ2v) is 14.5. The summed E-state index contributed by atoms with van der Waals surface area (Å²) in [5.41, 5.74) is -0.307. The number of amides is 4. The molecule has 2 aliphatic carbocycles. The van der Waals surface area contributed by atoms with E-state index in [9.17, 15) is 27.6 Å². The van der Waals surface area contributed by atoms with E-state index < -0.39 is 58.4 Å². The zero-order valence-corrected chi connectivity index (χ0v) is 29.6. The van der Waals surface area contributed by atoms with Gasteiger partial charge in [0.2, 0.25) is 11.8 Å². The van der Waals surface area contributed by atoms with Gasteiger partial charge in [0.15, 0.2) is 0 Å². The number of hydrogen-bond donors (Lipinski definition) is 3. The summed E-state index contributed by atoms with van der Waals surface area (Å²) >= 11 is 0. The summed E-state index contributed by atoms with van der Waals surface area (Å²) in [4.78, 5) is 55.4. The van der Waals surface area contributed by atoms with Crippen molar-refractivity contribution in [2.75, 3.05) is 13.7 Å². The number of nitrogens with zero attached hydrogens (tertiary/aromatic N) is 1. The highest BCUT2D eigenvalue weighted by atomic mass is 32.2. The Morgan fingerprint density at radius 3 is 2.40 bits per heavy atom. The molecule has 0 bridgehead atoms. The zero-order chi connectivity index (χ0) is 36.0. The van der Waals surface area contributed by atoms with Crippen molar-refractivity contribution in [2.24, 2.45) is 5.92 Å². The summed E-state index contributed by atoms with van der Waals surface area (Å²) in [5.74, 6) is -1.48. The normalized spacial score (nSPS) is 20.4. The van der Waals surface area contributed by atoms with E-state index in [0.29, 0.717) is 30.8 Å². The Morgan fingerprint density at radius 1 is 1.00 bits per heavy atom. The number of fused-ring (bicyclic) bond motifs is 1. The topological polar surface area (TPSA) is 179 Å². The number of rotatable bonds is 14. The molecule has 1 heterocycles. The molecular formula is C35H46N4O10S. The molecule has 14 nitrogen and oxygen atoms in total. The molecule has 15 heteroatoms.